The minimum absolute atomic E-state index is 0.988. The van der Waals surface area contributed by atoms with Crippen LogP contribution in [0.15, 0.2) is 0 Å². The van der Waals surface area contributed by atoms with Crippen molar-refractivity contribution < 1.29 is 0 Å². The van der Waals surface area contributed by atoms with Crippen LogP contribution in [-0.4, -0.2) is 38.1 Å². The molecule has 94 valence electrons. The molecule has 2 rings (SSSR count). The standard InChI is InChI=1S/C14H28N2/c1-16(10-9-15-11-13-7-8-13)12-14-5-3-2-4-6-14/h13-15H,2-12H2,1H3. The van der Waals surface area contributed by atoms with Gasteiger partial charge in [0.15, 0.2) is 0 Å². The summed E-state index contributed by atoms with van der Waals surface area (Å²) in [5.74, 6) is 2.01. The van der Waals surface area contributed by atoms with Gasteiger partial charge in [-0.25, -0.2) is 0 Å². The number of nitrogens with zero attached hydrogens (tertiary/aromatic N) is 1. The molecule has 0 heterocycles. The van der Waals surface area contributed by atoms with Gasteiger partial charge in [-0.3, -0.25) is 0 Å². The van der Waals surface area contributed by atoms with Gasteiger partial charge in [-0.1, -0.05) is 19.3 Å². The highest BCUT2D eigenvalue weighted by molar-refractivity contribution is 4.75. The molecule has 0 aliphatic heterocycles. The molecule has 2 aliphatic rings. The van der Waals surface area contributed by atoms with E-state index in [1.54, 1.807) is 0 Å². The molecule has 2 saturated carbocycles. The Morgan fingerprint density at radius 1 is 1.00 bits per heavy atom. The first-order valence-corrected chi connectivity index (χ1v) is 7.24. The highest BCUT2D eigenvalue weighted by atomic mass is 15.1. The first-order valence-electron chi connectivity index (χ1n) is 7.24. The van der Waals surface area contributed by atoms with Crippen LogP contribution in [0.4, 0.5) is 0 Å². The SMILES string of the molecule is CN(CCNCC1CC1)CC1CCCCC1. The Balaban J connectivity index is 1.47. The van der Waals surface area contributed by atoms with Crippen LogP contribution >= 0.6 is 0 Å². The molecule has 0 amide bonds. The van der Waals surface area contributed by atoms with Crippen LogP contribution in [0, 0.1) is 11.8 Å². The van der Waals surface area contributed by atoms with E-state index in [2.05, 4.69) is 17.3 Å². The molecule has 0 radical (unpaired) electrons. The maximum absolute atomic E-state index is 3.57. The van der Waals surface area contributed by atoms with E-state index in [4.69, 9.17) is 0 Å². The molecule has 0 aromatic heterocycles. The lowest BCUT2D eigenvalue weighted by Crippen LogP contribution is -2.34. The fourth-order valence-corrected chi connectivity index (χ4v) is 2.80. The predicted molar refractivity (Wildman–Crippen MR) is 69.7 cm³/mol. The molecule has 0 atom stereocenters. The molecule has 0 spiro atoms. The molecule has 16 heavy (non-hydrogen) atoms. The molecular formula is C14H28N2. The van der Waals surface area contributed by atoms with Gasteiger partial charge in [0.05, 0.1) is 0 Å². The van der Waals surface area contributed by atoms with E-state index in [1.807, 2.05) is 0 Å². The first kappa shape index (κ1) is 12.4. The van der Waals surface area contributed by atoms with Crippen LogP contribution in [0.3, 0.4) is 0 Å². The van der Waals surface area contributed by atoms with Crippen molar-refractivity contribution in [2.45, 2.75) is 44.9 Å². The summed E-state index contributed by atoms with van der Waals surface area (Å²) < 4.78 is 0. The predicted octanol–water partition coefficient (Wildman–Crippen LogP) is 2.50. The third-order valence-corrected chi connectivity index (χ3v) is 4.09. The summed E-state index contributed by atoms with van der Waals surface area (Å²) in [6.45, 7) is 4.99. The molecule has 2 fully saturated rings. The van der Waals surface area contributed by atoms with Crippen LogP contribution in [-0.2, 0) is 0 Å². The van der Waals surface area contributed by atoms with Gasteiger partial charge < -0.3 is 10.2 Å². The van der Waals surface area contributed by atoms with Crippen molar-refractivity contribution in [1.82, 2.24) is 10.2 Å². The van der Waals surface area contributed by atoms with Gasteiger partial charge in [-0.2, -0.15) is 0 Å². The van der Waals surface area contributed by atoms with E-state index < -0.39 is 0 Å². The zero-order valence-electron chi connectivity index (χ0n) is 10.9. The Kier molecular flexibility index (Phi) is 5.11. The Hall–Kier alpha value is -0.0800. The first-order chi connectivity index (χ1) is 7.84. The Morgan fingerprint density at radius 2 is 1.75 bits per heavy atom. The van der Waals surface area contributed by atoms with E-state index in [1.165, 1.54) is 71.1 Å². The molecule has 1 N–H and O–H groups in total. The second-order valence-corrected chi connectivity index (χ2v) is 5.91. The smallest absolute Gasteiger partial charge is 0.0104 e. The monoisotopic (exact) mass is 224 g/mol. The summed E-state index contributed by atoms with van der Waals surface area (Å²) in [6.07, 6.45) is 10.3. The van der Waals surface area contributed by atoms with Gasteiger partial charge >= 0.3 is 0 Å². The van der Waals surface area contributed by atoms with E-state index in [-0.39, 0.29) is 0 Å². The normalized spacial score (nSPS) is 22.9. The molecule has 0 bridgehead atoms. The van der Waals surface area contributed by atoms with Crippen LogP contribution in [0.5, 0.6) is 0 Å². The van der Waals surface area contributed by atoms with Crippen molar-refractivity contribution in [2.24, 2.45) is 11.8 Å². The molecular weight excluding hydrogens is 196 g/mol. The zero-order valence-corrected chi connectivity index (χ0v) is 10.9. The van der Waals surface area contributed by atoms with Crippen molar-refractivity contribution >= 4 is 0 Å². The molecule has 2 aliphatic carbocycles. The van der Waals surface area contributed by atoms with Crippen molar-refractivity contribution in [2.75, 3.05) is 33.2 Å². The lowest BCUT2D eigenvalue weighted by molar-refractivity contribution is 0.233. The van der Waals surface area contributed by atoms with E-state index in [0.717, 1.165) is 11.8 Å². The summed E-state index contributed by atoms with van der Waals surface area (Å²) in [5.41, 5.74) is 0. The highest BCUT2D eigenvalue weighted by Gasteiger charge is 2.20. The van der Waals surface area contributed by atoms with Crippen molar-refractivity contribution in [3.63, 3.8) is 0 Å². The largest absolute Gasteiger partial charge is 0.315 e. The van der Waals surface area contributed by atoms with Gasteiger partial charge in [-0.15, -0.1) is 0 Å². The van der Waals surface area contributed by atoms with Crippen molar-refractivity contribution in [1.29, 1.82) is 0 Å². The van der Waals surface area contributed by atoms with Crippen LogP contribution < -0.4 is 5.32 Å². The molecule has 0 unspecified atom stereocenters. The minimum Gasteiger partial charge on any atom is -0.315 e. The minimum atomic E-state index is 0.988. The zero-order chi connectivity index (χ0) is 11.2. The van der Waals surface area contributed by atoms with Gasteiger partial charge in [0.2, 0.25) is 0 Å². The topological polar surface area (TPSA) is 15.3 Å². The van der Waals surface area contributed by atoms with Gasteiger partial charge in [0.1, 0.15) is 0 Å². The van der Waals surface area contributed by atoms with Crippen molar-refractivity contribution in [3.05, 3.63) is 0 Å². The van der Waals surface area contributed by atoms with Crippen molar-refractivity contribution in [3.8, 4) is 0 Å². The quantitative estimate of drug-likeness (QED) is 0.668. The molecule has 2 heteroatoms. The fraction of sp³-hybridized carbons (Fsp3) is 1.00. The van der Waals surface area contributed by atoms with E-state index in [0.29, 0.717) is 0 Å². The number of hydrogen-bond donors (Lipinski definition) is 1. The molecule has 0 saturated heterocycles. The average Bonchev–Trinajstić information content (AvgIpc) is 3.10. The second kappa shape index (κ2) is 6.61. The highest BCUT2D eigenvalue weighted by Crippen LogP contribution is 2.27. The van der Waals surface area contributed by atoms with Gasteiger partial charge in [-0.05, 0) is 51.1 Å². The Morgan fingerprint density at radius 3 is 2.44 bits per heavy atom. The van der Waals surface area contributed by atoms with Crippen LogP contribution in [0.2, 0.25) is 0 Å². The lowest BCUT2D eigenvalue weighted by Gasteiger charge is -2.27. The number of rotatable bonds is 7. The molecule has 2 nitrogen and oxygen atoms in total. The number of likely N-dealkylation sites (N-methyl/N-ethyl adjacent to an activating group) is 1. The van der Waals surface area contributed by atoms with Gasteiger partial charge in [0.25, 0.3) is 0 Å². The maximum Gasteiger partial charge on any atom is 0.0104 e. The lowest BCUT2D eigenvalue weighted by atomic mass is 9.89. The second-order valence-electron chi connectivity index (χ2n) is 5.91. The fourth-order valence-electron chi connectivity index (χ4n) is 2.80. The summed E-state index contributed by atoms with van der Waals surface area (Å²) >= 11 is 0. The average molecular weight is 224 g/mol. The summed E-state index contributed by atoms with van der Waals surface area (Å²) in [7, 11) is 2.29. The maximum atomic E-state index is 3.57. The molecule has 0 aromatic carbocycles. The Bertz CT molecular complexity index is 183. The Labute approximate surface area is 101 Å². The summed E-state index contributed by atoms with van der Waals surface area (Å²) in [6, 6.07) is 0. The van der Waals surface area contributed by atoms with Crippen LogP contribution in [0.25, 0.3) is 0 Å². The van der Waals surface area contributed by atoms with E-state index in [9.17, 15) is 0 Å². The van der Waals surface area contributed by atoms with E-state index >= 15 is 0 Å². The van der Waals surface area contributed by atoms with Crippen LogP contribution in [0.1, 0.15) is 44.9 Å². The third-order valence-electron chi connectivity index (χ3n) is 4.09. The summed E-state index contributed by atoms with van der Waals surface area (Å²) in [4.78, 5) is 2.52. The molecule has 0 aromatic rings. The number of nitrogens with one attached hydrogen (secondary N) is 1. The van der Waals surface area contributed by atoms with Gasteiger partial charge in [0, 0.05) is 19.6 Å². The summed E-state index contributed by atoms with van der Waals surface area (Å²) in [5, 5.41) is 3.57. The number of hydrogen-bond acceptors (Lipinski definition) is 2. The third kappa shape index (κ3) is 4.84.